The first-order valence-electron chi connectivity index (χ1n) is 11.4. The first-order chi connectivity index (χ1) is 15.5. The Hall–Kier alpha value is -3.16. The predicted molar refractivity (Wildman–Crippen MR) is 123 cm³/mol. The number of carboxylic acid groups (broad SMARTS) is 1. The zero-order valence-electron chi connectivity index (χ0n) is 19.4. The summed E-state index contributed by atoms with van der Waals surface area (Å²) in [6.07, 6.45) is 5.57. The summed E-state index contributed by atoms with van der Waals surface area (Å²) in [5.41, 5.74) is 1.46. The third-order valence-electron chi connectivity index (χ3n) is 5.90. The van der Waals surface area contributed by atoms with Crippen molar-refractivity contribution in [3.8, 4) is 0 Å². The van der Waals surface area contributed by atoms with Crippen molar-refractivity contribution in [2.24, 2.45) is 11.8 Å². The number of Topliss-reactive ketones (excluding diaryl/α,β-unsaturated/α-hetero) is 1. The third-order valence-corrected chi connectivity index (χ3v) is 5.90. The highest BCUT2D eigenvalue weighted by atomic mass is 16.6. The lowest BCUT2D eigenvalue weighted by atomic mass is 9.81. The van der Waals surface area contributed by atoms with E-state index in [9.17, 15) is 19.2 Å². The molecule has 0 bridgehead atoms. The number of piperidine rings is 1. The van der Waals surface area contributed by atoms with Crippen molar-refractivity contribution in [2.75, 3.05) is 18.4 Å². The van der Waals surface area contributed by atoms with Crippen LogP contribution in [0.2, 0.25) is 0 Å². The number of aliphatic carboxylic acids is 1. The zero-order chi connectivity index (χ0) is 24.2. The van der Waals surface area contributed by atoms with Crippen molar-refractivity contribution in [3.05, 3.63) is 41.5 Å². The van der Waals surface area contributed by atoms with E-state index in [1.54, 1.807) is 23.1 Å². The van der Waals surface area contributed by atoms with E-state index in [0.717, 1.165) is 18.4 Å². The van der Waals surface area contributed by atoms with Gasteiger partial charge in [0, 0.05) is 30.3 Å². The number of anilines is 1. The first-order valence-corrected chi connectivity index (χ1v) is 11.4. The van der Waals surface area contributed by atoms with Gasteiger partial charge in [0.2, 0.25) is 5.91 Å². The van der Waals surface area contributed by atoms with E-state index in [2.05, 4.69) is 5.32 Å². The van der Waals surface area contributed by atoms with Gasteiger partial charge in [0.1, 0.15) is 5.60 Å². The largest absolute Gasteiger partial charge is 0.481 e. The van der Waals surface area contributed by atoms with Gasteiger partial charge in [-0.3, -0.25) is 14.4 Å². The molecule has 0 spiro atoms. The van der Waals surface area contributed by atoms with Crippen molar-refractivity contribution >= 4 is 29.4 Å². The van der Waals surface area contributed by atoms with E-state index in [0.29, 0.717) is 37.2 Å². The molecule has 0 radical (unpaired) electrons. The molecule has 1 atom stereocenters. The SMILES string of the molecule is CC(C)(C)OC(=O)N1CCC(/C=C/C(=O)Nc2ccc3c(c2)CCC(CC(=O)O)C3=O)CC1. The molecule has 1 saturated heterocycles. The second kappa shape index (κ2) is 10.2. The summed E-state index contributed by atoms with van der Waals surface area (Å²) in [4.78, 5) is 49.7. The molecule has 1 heterocycles. The second-order valence-electron chi connectivity index (χ2n) is 9.72. The highest BCUT2D eigenvalue weighted by Gasteiger charge is 2.29. The van der Waals surface area contributed by atoms with Gasteiger partial charge in [-0.15, -0.1) is 0 Å². The van der Waals surface area contributed by atoms with Gasteiger partial charge < -0.3 is 20.1 Å². The minimum atomic E-state index is -0.969. The van der Waals surface area contributed by atoms with Gasteiger partial charge in [-0.2, -0.15) is 0 Å². The van der Waals surface area contributed by atoms with Crippen LogP contribution in [0.15, 0.2) is 30.4 Å². The molecule has 2 amide bonds. The van der Waals surface area contributed by atoms with Crippen LogP contribution in [0.4, 0.5) is 10.5 Å². The lowest BCUT2D eigenvalue weighted by molar-refractivity contribution is -0.137. The summed E-state index contributed by atoms with van der Waals surface area (Å²) >= 11 is 0. The minimum Gasteiger partial charge on any atom is -0.481 e. The molecule has 1 fully saturated rings. The molecule has 1 aliphatic carbocycles. The Kier molecular flexibility index (Phi) is 7.56. The quantitative estimate of drug-likeness (QED) is 0.647. The highest BCUT2D eigenvalue weighted by molar-refractivity contribution is 6.03. The van der Waals surface area contributed by atoms with Crippen LogP contribution in [-0.4, -0.2) is 52.4 Å². The van der Waals surface area contributed by atoms with E-state index < -0.39 is 17.5 Å². The number of ether oxygens (including phenoxy) is 1. The van der Waals surface area contributed by atoms with Crippen molar-refractivity contribution in [2.45, 2.75) is 58.5 Å². The van der Waals surface area contributed by atoms with E-state index >= 15 is 0 Å². The molecule has 8 heteroatoms. The van der Waals surface area contributed by atoms with Gasteiger partial charge in [-0.05, 0) is 82.2 Å². The number of ketones is 1. The number of likely N-dealkylation sites (tertiary alicyclic amines) is 1. The third kappa shape index (κ3) is 6.91. The Morgan fingerprint density at radius 3 is 2.52 bits per heavy atom. The average Bonchev–Trinajstić information content (AvgIpc) is 2.73. The highest BCUT2D eigenvalue weighted by Crippen LogP contribution is 2.29. The average molecular weight is 457 g/mol. The van der Waals surface area contributed by atoms with Crippen LogP contribution in [0.3, 0.4) is 0 Å². The van der Waals surface area contributed by atoms with Crippen LogP contribution in [0.25, 0.3) is 0 Å². The molecule has 0 aromatic heterocycles. The molecule has 0 saturated carbocycles. The van der Waals surface area contributed by atoms with Gasteiger partial charge in [-0.25, -0.2) is 4.79 Å². The van der Waals surface area contributed by atoms with Gasteiger partial charge in [-0.1, -0.05) is 6.08 Å². The number of fused-ring (bicyclic) bond motifs is 1. The number of nitrogens with one attached hydrogen (secondary N) is 1. The summed E-state index contributed by atoms with van der Waals surface area (Å²) < 4.78 is 5.40. The molecule has 2 N–H and O–H groups in total. The fraction of sp³-hybridized carbons (Fsp3) is 0.520. The number of allylic oxidation sites excluding steroid dienone is 1. The van der Waals surface area contributed by atoms with Crippen LogP contribution < -0.4 is 5.32 Å². The fourth-order valence-corrected chi connectivity index (χ4v) is 4.21. The Morgan fingerprint density at radius 1 is 1.18 bits per heavy atom. The van der Waals surface area contributed by atoms with Crippen molar-refractivity contribution in [3.63, 3.8) is 0 Å². The molecule has 1 aromatic rings. The van der Waals surface area contributed by atoms with Gasteiger partial charge >= 0.3 is 12.1 Å². The summed E-state index contributed by atoms with van der Waals surface area (Å²) in [6.45, 7) is 6.71. The minimum absolute atomic E-state index is 0.144. The number of carbonyl (C=O) groups excluding carboxylic acids is 3. The van der Waals surface area contributed by atoms with Gasteiger partial charge in [0.25, 0.3) is 0 Å². The standard InChI is InChI=1S/C25H32N2O6/c1-25(2,3)33-24(32)27-12-10-16(11-13-27)4-9-21(28)26-19-7-8-20-17(14-19)5-6-18(23(20)31)15-22(29)30/h4,7-9,14,16,18H,5-6,10-13,15H2,1-3H3,(H,26,28)(H,29,30)/b9-4+. The Labute approximate surface area is 194 Å². The molecular weight excluding hydrogens is 424 g/mol. The summed E-state index contributed by atoms with van der Waals surface area (Å²) in [5.74, 6) is -1.64. The molecule has 1 aliphatic heterocycles. The van der Waals surface area contributed by atoms with Crippen LogP contribution in [0, 0.1) is 11.8 Å². The van der Waals surface area contributed by atoms with Crippen LogP contribution in [0.5, 0.6) is 0 Å². The van der Waals surface area contributed by atoms with Crippen molar-refractivity contribution in [1.29, 1.82) is 0 Å². The Balaban J connectivity index is 1.50. The molecule has 8 nitrogen and oxygen atoms in total. The lowest BCUT2D eigenvalue weighted by Gasteiger charge is -2.32. The summed E-state index contributed by atoms with van der Waals surface area (Å²) in [5, 5.41) is 11.8. The number of hydrogen-bond donors (Lipinski definition) is 2. The molecule has 3 rings (SSSR count). The number of carbonyl (C=O) groups is 4. The topological polar surface area (TPSA) is 113 Å². The maximum atomic E-state index is 12.5. The molecule has 178 valence electrons. The van der Waals surface area contributed by atoms with Crippen LogP contribution in [0.1, 0.15) is 62.4 Å². The van der Waals surface area contributed by atoms with Crippen LogP contribution >= 0.6 is 0 Å². The van der Waals surface area contributed by atoms with Crippen LogP contribution in [-0.2, 0) is 20.7 Å². The summed E-state index contributed by atoms with van der Waals surface area (Å²) in [6, 6.07) is 5.12. The fourth-order valence-electron chi connectivity index (χ4n) is 4.21. The Morgan fingerprint density at radius 2 is 1.88 bits per heavy atom. The molecule has 1 aromatic carbocycles. The molecule has 33 heavy (non-hydrogen) atoms. The number of hydrogen-bond acceptors (Lipinski definition) is 5. The van der Waals surface area contributed by atoms with E-state index in [-0.39, 0.29) is 30.1 Å². The van der Waals surface area contributed by atoms with E-state index in [1.165, 1.54) is 6.08 Å². The number of nitrogens with zero attached hydrogens (tertiary/aromatic N) is 1. The van der Waals surface area contributed by atoms with E-state index in [1.807, 2.05) is 26.8 Å². The zero-order valence-corrected chi connectivity index (χ0v) is 19.4. The number of carboxylic acids is 1. The predicted octanol–water partition coefficient (Wildman–Crippen LogP) is 4.05. The monoisotopic (exact) mass is 456 g/mol. The Bertz CT molecular complexity index is 954. The van der Waals surface area contributed by atoms with E-state index in [4.69, 9.17) is 9.84 Å². The maximum absolute atomic E-state index is 12.5. The molecule has 1 unspecified atom stereocenters. The van der Waals surface area contributed by atoms with Gasteiger partial charge in [0.15, 0.2) is 5.78 Å². The van der Waals surface area contributed by atoms with Crippen molar-refractivity contribution in [1.82, 2.24) is 4.90 Å². The smallest absolute Gasteiger partial charge is 0.410 e. The number of benzene rings is 1. The maximum Gasteiger partial charge on any atom is 0.410 e. The molecular formula is C25H32N2O6. The van der Waals surface area contributed by atoms with Gasteiger partial charge in [0.05, 0.1) is 6.42 Å². The molecule has 2 aliphatic rings. The van der Waals surface area contributed by atoms with Crippen molar-refractivity contribution < 1.29 is 29.0 Å². The lowest BCUT2D eigenvalue weighted by Crippen LogP contribution is -2.41. The first kappa shape index (κ1) is 24.5. The normalized spacial score (nSPS) is 19.3. The number of aryl methyl sites for hydroxylation is 1. The number of amides is 2. The second-order valence-corrected chi connectivity index (χ2v) is 9.72. The number of rotatable bonds is 5. The summed E-state index contributed by atoms with van der Waals surface area (Å²) in [7, 11) is 0.